The summed E-state index contributed by atoms with van der Waals surface area (Å²) in [5, 5.41) is 3.16. The maximum atomic E-state index is 12.1. The van der Waals surface area contributed by atoms with Crippen LogP contribution < -0.4 is 5.32 Å². The van der Waals surface area contributed by atoms with Crippen molar-refractivity contribution < 1.29 is 13.6 Å². The summed E-state index contributed by atoms with van der Waals surface area (Å²) >= 11 is 0. The predicted octanol–water partition coefficient (Wildman–Crippen LogP) is 0.460. The maximum Gasteiger partial charge on any atom is 0.315 e. The van der Waals surface area contributed by atoms with Crippen molar-refractivity contribution >= 4 is 5.91 Å². The normalized spacial score (nSPS) is 29.5. The van der Waals surface area contributed by atoms with E-state index >= 15 is 0 Å². The minimum atomic E-state index is -2.88. The molecule has 0 aliphatic carbocycles. The van der Waals surface area contributed by atoms with E-state index in [4.69, 9.17) is 0 Å². The van der Waals surface area contributed by atoms with Gasteiger partial charge in [-0.2, -0.15) is 8.78 Å². The van der Waals surface area contributed by atoms with E-state index in [1.54, 1.807) is 0 Å². The summed E-state index contributed by atoms with van der Waals surface area (Å²) in [5.41, 5.74) is 0. The van der Waals surface area contributed by atoms with Crippen LogP contribution in [0.1, 0.15) is 13.8 Å². The van der Waals surface area contributed by atoms with Gasteiger partial charge < -0.3 is 10.2 Å². The first-order valence-electron chi connectivity index (χ1n) is 4.33. The van der Waals surface area contributed by atoms with Crippen LogP contribution in [0.25, 0.3) is 0 Å². The Labute approximate surface area is 76.1 Å². The molecule has 13 heavy (non-hydrogen) atoms. The van der Waals surface area contributed by atoms with Gasteiger partial charge in [0.25, 0.3) is 5.91 Å². The summed E-state index contributed by atoms with van der Waals surface area (Å²) in [5.74, 6) is -1.06. The monoisotopic (exact) mass is 192 g/mol. The lowest BCUT2D eigenvalue weighted by molar-refractivity contribution is -0.144. The van der Waals surface area contributed by atoms with Gasteiger partial charge in [-0.25, -0.2) is 0 Å². The Morgan fingerprint density at radius 1 is 1.38 bits per heavy atom. The second-order valence-electron chi connectivity index (χ2n) is 3.51. The highest BCUT2D eigenvalue weighted by Gasteiger charge is 2.29. The van der Waals surface area contributed by atoms with Crippen LogP contribution in [-0.2, 0) is 4.79 Å². The fourth-order valence-electron chi connectivity index (χ4n) is 1.64. The molecule has 0 bridgehead atoms. The number of nitrogens with one attached hydrogen (secondary N) is 1. The first-order chi connectivity index (χ1) is 6.00. The lowest BCUT2D eigenvalue weighted by Gasteiger charge is -2.35. The van der Waals surface area contributed by atoms with Crippen LogP contribution in [0.5, 0.6) is 0 Å². The van der Waals surface area contributed by atoms with Crippen LogP contribution >= 0.6 is 0 Å². The average Bonchev–Trinajstić information content (AvgIpc) is 2.01. The standard InChI is InChI=1S/C8H14F2N2O/c1-5-3-12(4-6(2)11-5)8(13)7(9)10/h5-7,11H,3-4H2,1-2H3. The topological polar surface area (TPSA) is 32.3 Å². The zero-order chi connectivity index (χ0) is 10.0. The molecular formula is C8H14F2N2O. The van der Waals surface area contributed by atoms with E-state index in [2.05, 4.69) is 5.32 Å². The van der Waals surface area contributed by atoms with E-state index < -0.39 is 12.3 Å². The summed E-state index contributed by atoms with van der Waals surface area (Å²) in [6, 6.07) is 0.179. The number of hydrogen-bond donors (Lipinski definition) is 1. The molecule has 0 spiro atoms. The molecule has 1 heterocycles. The summed E-state index contributed by atoms with van der Waals surface area (Å²) in [7, 11) is 0. The predicted molar refractivity (Wildman–Crippen MR) is 44.6 cm³/mol. The number of alkyl halides is 2. The van der Waals surface area contributed by atoms with Crippen LogP contribution in [0.4, 0.5) is 8.78 Å². The molecule has 0 saturated carbocycles. The van der Waals surface area contributed by atoms with Gasteiger partial charge in [-0.05, 0) is 13.8 Å². The first kappa shape index (κ1) is 10.4. The Bertz CT molecular complexity index is 189. The minimum absolute atomic E-state index is 0.0893. The van der Waals surface area contributed by atoms with Crippen molar-refractivity contribution in [2.75, 3.05) is 13.1 Å². The van der Waals surface area contributed by atoms with Crippen molar-refractivity contribution in [3.8, 4) is 0 Å². The van der Waals surface area contributed by atoms with Crippen molar-refractivity contribution in [2.45, 2.75) is 32.4 Å². The van der Waals surface area contributed by atoms with E-state index in [-0.39, 0.29) is 12.1 Å². The molecular weight excluding hydrogens is 178 g/mol. The van der Waals surface area contributed by atoms with Gasteiger partial charge in [-0.15, -0.1) is 0 Å². The number of rotatable bonds is 1. The Kier molecular flexibility index (Phi) is 3.19. The fourth-order valence-corrected chi connectivity index (χ4v) is 1.64. The fraction of sp³-hybridized carbons (Fsp3) is 0.875. The summed E-state index contributed by atoms with van der Waals surface area (Å²) < 4.78 is 24.1. The average molecular weight is 192 g/mol. The van der Waals surface area contributed by atoms with Gasteiger partial charge in [0.1, 0.15) is 0 Å². The largest absolute Gasteiger partial charge is 0.335 e. The molecule has 0 radical (unpaired) electrons. The van der Waals surface area contributed by atoms with E-state index in [1.165, 1.54) is 4.90 Å². The molecule has 1 N–H and O–H groups in total. The highest BCUT2D eigenvalue weighted by Crippen LogP contribution is 2.08. The lowest BCUT2D eigenvalue weighted by atomic mass is 10.1. The van der Waals surface area contributed by atoms with E-state index in [0.29, 0.717) is 13.1 Å². The zero-order valence-electron chi connectivity index (χ0n) is 7.76. The van der Waals surface area contributed by atoms with Gasteiger partial charge in [0.15, 0.2) is 0 Å². The van der Waals surface area contributed by atoms with E-state index in [9.17, 15) is 13.6 Å². The van der Waals surface area contributed by atoms with Crippen LogP contribution in [0.15, 0.2) is 0 Å². The molecule has 0 aromatic heterocycles. The van der Waals surface area contributed by atoms with Gasteiger partial charge in [0.2, 0.25) is 0 Å². The van der Waals surface area contributed by atoms with Crippen molar-refractivity contribution in [3.05, 3.63) is 0 Å². The molecule has 2 unspecified atom stereocenters. The second-order valence-corrected chi connectivity index (χ2v) is 3.51. The quantitative estimate of drug-likeness (QED) is 0.654. The molecule has 2 atom stereocenters. The molecule has 1 amide bonds. The summed E-state index contributed by atoms with van der Waals surface area (Å²) in [4.78, 5) is 12.2. The van der Waals surface area contributed by atoms with Crippen molar-refractivity contribution in [1.29, 1.82) is 0 Å². The number of hydrogen-bond acceptors (Lipinski definition) is 2. The molecule has 0 aromatic carbocycles. The molecule has 76 valence electrons. The number of carbonyl (C=O) groups excluding carboxylic acids is 1. The van der Waals surface area contributed by atoms with Gasteiger partial charge >= 0.3 is 6.43 Å². The SMILES string of the molecule is CC1CN(C(=O)C(F)F)CC(C)N1. The number of piperazine rings is 1. The van der Waals surface area contributed by atoms with Crippen molar-refractivity contribution in [3.63, 3.8) is 0 Å². The molecule has 1 saturated heterocycles. The molecule has 5 heteroatoms. The minimum Gasteiger partial charge on any atom is -0.335 e. The molecule has 1 fully saturated rings. The van der Waals surface area contributed by atoms with Crippen molar-refractivity contribution in [1.82, 2.24) is 10.2 Å². The Morgan fingerprint density at radius 3 is 2.23 bits per heavy atom. The zero-order valence-corrected chi connectivity index (χ0v) is 7.76. The van der Waals surface area contributed by atoms with Gasteiger partial charge in [0, 0.05) is 25.2 Å². The maximum absolute atomic E-state index is 12.1. The van der Waals surface area contributed by atoms with Gasteiger partial charge in [-0.1, -0.05) is 0 Å². The van der Waals surface area contributed by atoms with Crippen LogP contribution in [0.3, 0.4) is 0 Å². The first-order valence-corrected chi connectivity index (χ1v) is 4.33. The number of nitrogens with zero attached hydrogens (tertiary/aromatic N) is 1. The molecule has 1 aliphatic heterocycles. The van der Waals surface area contributed by atoms with Crippen molar-refractivity contribution in [2.24, 2.45) is 0 Å². The smallest absolute Gasteiger partial charge is 0.315 e. The third-order valence-corrected chi connectivity index (χ3v) is 2.06. The van der Waals surface area contributed by atoms with E-state index in [0.717, 1.165) is 0 Å². The highest BCUT2D eigenvalue weighted by molar-refractivity contribution is 5.79. The third-order valence-electron chi connectivity index (χ3n) is 2.06. The number of amides is 1. The summed E-state index contributed by atoms with van der Waals surface area (Å²) in [6.45, 7) is 4.49. The Hall–Kier alpha value is -0.710. The Morgan fingerprint density at radius 2 is 1.85 bits per heavy atom. The number of carbonyl (C=O) groups is 1. The van der Waals surface area contributed by atoms with Gasteiger partial charge in [0.05, 0.1) is 0 Å². The molecule has 1 rings (SSSR count). The summed E-state index contributed by atoms with van der Waals surface area (Å²) in [6.07, 6.45) is -2.88. The third kappa shape index (κ3) is 2.62. The molecule has 0 aromatic rings. The van der Waals surface area contributed by atoms with Crippen LogP contribution in [0.2, 0.25) is 0 Å². The lowest BCUT2D eigenvalue weighted by Crippen LogP contribution is -2.56. The van der Waals surface area contributed by atoms with E-state index in [1.807, 2.05) is 13.8 Å². The van der Waals surface area contributed by atoms with Crippen LogP contribution in [0, 0.1) is 0 Å². The highest BCUT2D eigenvalue weighted by atomic mass is 19.3. The van der Waals surface area contributed by atoms with Crippen LogP contribution in [-0.4, -0.2) is 42.4 Å². The molecule has 3 nitrogen and oxygen atoms in total. The molecule has 1 aliphatic rings. The number of halogens is 2. The second kappa shape index (κ2) is 4.00. The Balaban J connectivity index is 2.55. The van der Waals surface area contributed by atoms with Gasteiger partial charge in [-0.3, -0.25) is 4.79 Å².